The van der Waals surface area contributed by atoms with Crippen molar-refractivity contribution >= 4 is 16.8 Å². The summed E-state index contributed by atoms with van der Waals surface area (Å²) in [5, 5.41) is 8.15. The number of halogens is 1. The molecular formula is C25H30FN3O3. The second-order valence-electron chi connectivity index (χ2n) is 8.30. The molecule has 170 valence electrons. The number of hydrogen-bond acceptors (Lipinski definition) is 6. The van der Waals surface area contributed by atoms with Crippen molar-refractivity contribution in [1.29, 1.82) is 0 Å². The third kappa shape index (κ3) is 5.34. The number of nitrogens with zero attached hydrogens (tertiary/aromatic N) is 2. The maximum atomic E-state index is 13.4. The molecule has 1 aromatic heterocycles. The van der Waals surface area contributed by atoms with Crippen molar-refractivity contribution in [2.24, 2.45) is 0 Å². The Bertz CT molecular complexity index is 1040. The van der Waals surface area contributed by atoms with Gasteiger partial charge in [0.25, 0.3) is 0 Å². The van der Waals surface area contributed by atoms with Crippen LogP contribution in [-0.4, -0.2) is 55.7 Å². The van der Waals surface area contributed by atoms with Gasteiger partial charge in [0.1, 0.15) is 11.6 Å². The zero-order valence-electron chi connectivity index (χ0n) is 18.5. The minimum absolute atomic E-state index is 0.0974. The van der Waals surface area contributed by atoms with Gasteiger partial charge >= 0.3 is 0 Å². The molecular weight excluding hydrogens is 409 g/mol. The number of likely N-dealkylation sites (tertiary alicyclic amines) is 1. The predicted molar refractivity (Wildman–Crippen MR) is 122 cm³/mol. The fraction of sp³-hybridized carbons (Fsp3) is 0.440. The van der Waals surface area contributed by atoms with E-state index < -0.39 is 0 Å². The van der Waals surface area contributed by atoms with E-state index in [4.69, 9.17) is 9.26 Å². The van der Waals surface area contributed by atoms with Crippen LogP contribution in [0.4, 0.5) is 4.39 Å². The molecule has 0 radical (unpaired) electrons. The molecule has 0 saturated carbocycles. The average molecular weight is 440 g/mol. The number of fused-ring (bicyclic) bond motifs is 1. The first-order chi connectivity index (χ1) is 15.7. The summed E-state index contributed by atoms with van der Waals surface area (Å²) < 4.78 is 24.7. The van der Waals surface area contributed by atoms with E-state index in [1.807, 2.05) is 31.3 Å². The number of para-hydroxylation sites is 1. The molecule has 0 unspecified atom stereocenters. The highest BCUT2D eigenvalue weighted by molar-refractivity contribution is 5.98. The maximum absolute atomic E-state index is 13.4. The number of rotatable bonds is 10. The molecule has 1 N–H and O–H groups in total. The minimum atomic E-state index is -0.304. The van der Waals surface area contributed by atoms with Crippen molar-refractivity contribution in [1.82, 2.24) is 15.4 Å². The monoisotopic (exact) mass is 439 g/mol. The average Bonchev–Trinajstić information content (AvgIpc) is 3.24. The summed E-state index contributed by atoms with van der Waals surface area (Å²) in [5.74, 6) is 0.800. The van der Waals surface area contributed by atoms with Crippen LogP contribution in [0, 0.1) is 5.82 Å². The minimum Gasteiger partial charge on any atom is -0.493 e. The lowest BCUT2D eigenvalue weighted by Gasteiger charge is -2.31. The number of ether oxygens (including phenoxy) is 1. The summed E-state index contributed by atoms with van der Waals surface area (Å²) in [7, 11) is 1.84. The zero-order valence-corrected chi connectivity index (χ0v) is 18.5. The van der Waals surface area contributed by atoms with E-state index in [2.05, 4.69) is 15.4 Å². The number of aromatic nitrogens is 1. The third-order valence-electron chi connectivity index (χ3n) is 6.10. The summed E-state index contributed by atoms with van der Waals surface area (Å²) >= 11 is 0. The summed E-state index contributed by atoms with van der Waals surface area (Å²) in [6.45, 7) is 4.16. The smallest absolute Gasteiger partial charge is 0.170 e. The van der Waals surface area contributed by atoms with Crippen LogP contribution in [-0.2, 0) is 0 Å². The van der Waals surface area contributed by atoms with E-state index in [0.717, 1.165) is 50.0 Å². The Morgan fingerprint density at radius 1 is 1.25 bits per heavy atom. The van der Waals surface area contributed by atoms with Crippen LogP contribution in [0.2, 0.25) is 0 Å². The van der Waals surface area contributed by atoms with Crippen LogP contribution < -0.4 is 10.1 Å². The molecule has 0 aliphatic carbocycles. The molecule has 7 heteroatoms. The summed E-state index contributed by atoms with van der Waals surface area (Å²) in [6.07, 6.45) is 3.36. The number of carbonyl (C=O) groups excluding carboxylic acids is 1. The van der Waals surface area contributed by atoms with Gasteiger partial charge in [-0.2, -0.15) is 0 Å². The Morgan fingerprint density at radius 3 is 2.88 bits per heavy atom. The molecule has 4 rings (SSSR count). The molecule has 2 heterocycles. The normalized spacial score (nSPS) is 15.3. The lowest BCUT2D eigenvalue weighted by molar-refractivity contribution is 0.0979. The first-order valence-corrected chi connectivity index (χ1v) is 11.3. The number of nitrogens with one attached hydrogen (secondary N) is 1. The molecule has 3 aromatic rings. The fourth-order valence-corrected chi connectivity index (χ4v) is 4.32. The van der Waals surface area contributed by atoms with Crippen LogP contribution in [0.3, 0.4) is 0 Å². The zero-order chi connectivity index (χ0) is 22.3. The molecule has 1 aliphatic heterocycles. The molecule has 1 aliphatic rings. The highest BCUT2D eigenvalue weighted by Crippen LogP contribution is 2.32. The molecule has 0 bridgehead atoms. The Balaban J connectivity index is 1.23. The van der Waals surface area contributed by atoms with E-state index in [1.54, 1.807) is 6.07 Å². The fourth-order valence-electron chi connectivity index (χ4n) is 4.32. The summed E-state index contributed by atoms with van der Waals surface area (Å²) in [4.78, 5) is 14.8. The van der Waals surface area contributed by atoms with Crippen molar-refractivity contribution in [3.63, 3.8) is 0 Å². The van der Waals surface area contributed by atoms with Gasteiger partial charge in [-0.3, -0.25) is 4.79 Å². The number of benzene rings is 2. The van der Waals surface area contributed by atoms with Gasteiger partial charge in [-0.1, -0.05) is 17.3 Å². The van der Waals surface area contributed by atoms with Crippen LogP contribution in [0.15, 0.2) is 47.0 Å². The second-order valence-corrected chi connectivity index (χ2v) is 8.30. The van der Waals surface area contributed by atoms with Crippen molar-refractivity contribution in [2.75, 3.05) is 39.8 Å². The van der Waals surface area contributed by atoms with Gasteiger partial charge < -0.3 is 19.5 Å². The lowest BCUT2D eigenvalue weighted by atomic mass is 9.91. The highest BCUT2D eigenvalue weighted by atomic mass is 19.1. The SMILES string of the molecule is CNCCC(=O)c1ccccc1OCCCN1CCC(c2noc3cc(F)ccc23)CC1. The Hall–Kier alpha value is -2.77. The number of carbonyl (C=O) groups is 1. The van der Waals surface area contributed by atoms with Gasteiger partial charge in [0.2, 0.25) is 0 Å². The molecule has 0 atom stereocenters. The maximum Gasteiger partial charge on any atom is 0.170 e. The number of ketones is 1. The largest absolute Gasteiger partial charge is 0.493 e. The van der Waals surface area contributed by atoms with E-state index in [9.17, 15) is 9.18 Å². The standard InChI is InChI=1S/C25H30FN3O3/c1-27-12-9-22(30)20-5-2-3-6-23(20)31-16-4-13-29-14-10-18(11-15-29)25-21-8-7-19(26)17-24(21)32-28-25/h2-3,5-8,17-18,27H,4,9-16H2,1H3. The van der Waals surface area contributed by atoms with E-state index >= 15 is 0 Å². The van der Waals surface area contributed by atoms with Gasteiger partial charge in [0.15, 0.2) is 11.4 Å². The number of hydrogen-bond donors (Lipinski definition) is 1. The van der Waals surface area contributed by atoms with E-state index in [0.29, 0.717) is 42.4 Å². The van der Waals surface area contributed by atoms with Gasteiger partial charge in [-0.05, 0) is 63.7 Å². The molecule has 6 nitrogen and oxygen atoms in total. The second kappa shape index (κ2) is 10.7. The molecule has 0 amide bonds. The molecule has 1 fully saturated rings. The third-order valence-corrected chi connectivity index (χ3v) is 6.10. The van der Waals surface area contributed by atoms with Gasteiger partial charge in [-0.25, -0.2) is 4.39 Å². The first kappa shape index (κ1) is 22.4. The Kier molecular flexibility index (Phi) is 7.50. The Morgan fingerprint density at radius 2 is 2.06 bits per heavy atom. The van der Waals surface area contributed by atoms with E-state index in [1.165, 1.54) is 12.1 Å². The summed E-state index contributed by atoms with van der Waals surface area (Å²) in [6, 6.07) is 12.1. The van der Waals surface area contributed by atoms with Gasteiger partial charge in [0.05, 0.1) is 17.9 Å². The van der Waals surface area contributed by atoms with Crippen molar-refractivity contribution < 1.29 is 18.4 Å². The van der Waals surface area contributed by atoms with Crippen molar-refractivity contribution in [3.8, 4) is 5.75 Å². The van der Waals surface area contributed by atoms with Crippen molar-refractivity contribution in [2.45, 2.75) is 31.6 Å². The molecule has 2 aromatic carbocycles. The van der Waals surface area contributed by atoms with Crippen LogP contribution in [0.25, 0.3) is 11.0 Å². The van der Waals surface area contributed by atoms with Crippen LogP contribution in [0.1, 0.15) is 47.7 Å². The summed E-state index contributed by atoms with van der Waals surface area (Å²) in [5.41, 5.74) is 2.12. The topological polar surface area (TPSA) is 67.6 Å². The molecule has 0 spiro atoms. The lowest BCUT2D eigenvalue weighted by Crippen LogP contribution is -2.34. The van der Waals surface area contributed by atoms with Crippen LogP contribution >= 0.6 is 0 Å². The molecule has 1 saturated heterocycles. The quantitative estimate of drug-likeness (QED) is 0.373. The van der Waals surface area contributed by atoms with Gasteiger partial charge in [0, 0.05) is 36.9 Å². The van der Waals surface area contributed by atoms with Crippen LogP contribution in [0.5, 0.6) is 5.75 Å². The predicted octanol–water partition coefficient (Wildman–Crippen LogP) is 4.41. The Labute approximate surface area is 187 Å². The highest BCUT2D eigenvalue weighted by Gasteiger charge is 2.25. The molecule has 32 heavy (non-hydrogen) atoms. The number of piperidine rings is 1. The van der Waals surface area contributed by atoms with E-state index in [-0.39, 0.29) is 11.6 Å². The number of Topliss-reactive ketones (excluding diaryl/α,β-unsaturated/α-hetero) is 1. The van der Waals surface area contributed by atoms with Crippen molar-refractivity contribution in [3.05, 3.63) is 59.5 Å². The van der Waals surface area contributed by atoms with Gasteiger partial charge in [-0.15, -0.1) is 0 Å². The first-order valence-electron chi connectivity index (χ1n) is 11.3.